The second-order valence-corrected chi connectivity index (χ2v) is 4.11. The van der Waals surface area contributed by atoms with Crippen LogP contribution in [0.4, 0.5) is 0 Å². The zero-order valence-corrected chi connectivity index (χ0v) is 7.23. The molecule has 0 amide bonds. The molecule has 1 atom stereocenters. The van der Waals surface area contributed by atoms with Crippen molar-refractivity contribution in [3.05, 3.63) is 30.1 Å². The molecule has 2 rings (SSSR count). The molecule has 0 saturated carbocycles. The Balaban J connectivity index is 2.58. The van der Waals surface area contributed by atoms with Gasteiger partial charge in [-0.15, -0.1) is 0 Å². The number of rotatable bonds is 0. The number of aliphatic hydroxyl groups excluding tert-OH is 1. The van der Waals surface area contributed by atoms with Gasteiger partial charge in [-0.1, -0.05) is 8.96 Å². The lowest BCUT2D eigenvalue weighted by Gasteiger charge is -2.14. The second kappa shape index (κ2) is 2.66. The summed E-state index contributed by atoms with van der Waals surface area (Å²) in [7, 11) is -3.95. The third kappa shape index (κ3) is 1.26. The molecule has 0 radical (unpaired) electrons. The summed E-state index contributed by atoms with van der Waals surface area (Å²) >= 11 is 0. The van der Waals surface area contributed by atoms with Gasteiger partial charge >= 0.3 is 10.1 Å². The van der Waals surface area contributed by atoms with E-state index in [2.05, 4.69) is 9.87 Å². The van der Waals surface area contributed by atoms with Crippen LogP contribution >= 0.6 is 0 Å². The fourth-order valence-electron chi connectivity index (χ4n) is 1.03. The Kier molecular flexibility index (Phi) is 1.72. The molecule has 0 aliphatic carbocycles. The fraction of sp³-hybridized carbons (Fsp3) is 0.167. The average Bonchev–Trinajstić information content (AvgIpc) is 2.13. The van der Waals surface area contributed by atoms with Gasteiger partial charge in [0, 0.05) is 12.1 Å². The van der Waals surface area contributed by atoms with Crippen molar-refractivity contribution in [1.29, 1.82) is 0 Å². The predicted molar refractivity (Wildman–Crippen MR) is 41.0 cm³/mol. The van der Waals surface area contributed by atoms with Crippen LogP contribution in [0.1, 0.15) is 11.1 Å². The minimum atomic E-state index is -3.95. The third-order valence-corrected chi connectivity index (χ3v) is 2.76. The van der Waals surface area contributed by atoms with E-state index in [9.17, 15) is 13.5 Å². The molecule has 2 N–H and O–H groups in total. The zero-order valence-electron chi connectivity index (χ0n) is 6.41. The highest BCUT2D eigenvalue weighted by molar-refractivity contribution is 7.86. The Morgan fingerprint density at radius 3 is 3.08 bits per heavy atom. The first-order chi connectivity index (χ1) is 6.11. The molecule has 1 aromatic heterocycles. The van der Waals surface area contributed by atoms with Gasteiger partial charge in [-0.25, -0.2) is 0 Å². The standard InChI is InChI=1S/C6H7N2O4S/c9-6-5-3-1-2-4-8(5)7-12-13(6,10)11/h1-4,6-7,9H/q+1. The van der Waals surface area contributed by atoms with E-state index in [4.69, 9.17) is 0 Å². The van der Waals surface area contributed by atoms with Crippen LogP contribution in [0, 0.1) is 0 Å². The summed E-state index contributed by atoms with van der Waals surface area (Å²) in [5, 5.41) is 9.32. The largest absolute Gasteiger partial charge is 0.367 e. The molecule has 0 spiro atoms. The fourth-order valence-corrected chi connectivity index (χ4v) is 1.79. The Bertz CT molecular complexity index is 430. The van der Waals surface area contributed by atoms with Gasteiger partial charge < -0.3 is 5.11 Å². The van der Waals surface area contributed by atoms with Crippen LogP contribution in [0.3, 0.4) is 0 Å². The molecule has 1 unspecified atom stereocenters. The monoisotopic (exact) mass is 203 g/mol. The van der Waals surface area contributed by atoms with E-state index in [1.165, 1.54) is 16.9 Å². The van der Waals surface area contributed by atoms with Crippen molar-refractivity contribution in [3.8, 4) is 0 Å². The van der Waals surface area contributed by atoms with Gasteiger partial charge in [-0.05, 0) is 11.7 Å². The van der Waals surface area contributed by atoms with Crippen LogP contribution in [0.25, 0.3) is 0 Å². The summed E-state index contributed by atoms with van der Waals surface area (Å²) in [5.74, 6) is 0. The molecule has 0 bridgehead atoms. The number of nitrogens with zero attached hydrogens (tertiary/aromatic N) is 1. The van der Waals surface area contributed by atoms with Crippen LogP contribution in [-0.2, 0) is 14.4 Å². The van der Waals surface area contributed by atoms with Gasteiger partial charge in [0.05, 0.1) is 0 Å². The van der Waals surface area contributed by atoms with Crippen LogP contribution in [-0.4, -0.2) is 13.5 Å². The normalized spacial score (nSPS) is 24.5. The molecule has 0 fully saturated rings. The van der Waals surface area contributed by atoms with E-state index in [1.54, 1.807) is 12.1 Å². The van der Waals surface area contributed by atoms with E-state index in [1.807, 2.05) is 0 Å². The number of pyridine rings is 1. The highest BCUT2D eigenvalue weighted by atomic mass is 32.2. The summed E-state index contributed by atoms with van der Waals surface area (Å²) in [6.45, 7) is 0. The molecule has 0 aromatic carbocycles. The number of hydrogen-bond acceptors (Lipinski definition) is 5. The first-order valence-electron chi connectivity index (χ1n) is 3.48. The summed E-state index contributed by atoms with van der Waals surface area (Å²) in [6, 6.07) is 4.78. The first-order valence-corrected chi connectivity index (χ1v) is 4.95. The van der Waals surface area contributed by atoms with Crippen molar-refractivity contribution < 1.29 is 22.5 Å². The minimum absolute atomic E-state index is 0.216. The van der Waals surface area contributed by atoms with E-state index in [-0.39, 0.29) is 5.69 Å². The maximum atomic E-state index is 11.0. The Morgan fingerprint density at radius 1 is 1.54 bits per heavy atom. The van der Waals surface area contributed by atoms with Crippen molar-refractivity contribution in [2.24, 2.45) is 0 Å². The maximum absolute atomic E-state index is 11.0. The Hall–Kier alpha value is -1.18. The highest BCUT2D eigenvalue weighted by Gasteiger charge is 2.39. The smallest absolute Gasteiger partial charge is 0.329 e. The third-order valence-electron chi connectivity index (χ3n) is 1.67. The van der Waals surface area contributed by atoms with E-state index in [0.717, 1.165) is 0 Å². The molecule has 1 aliphatic rings. The van der Waals surface area contributed by atoms with Gasteiger partial charge in [-0.3, -0.25) is 0 Å². The molecule has 0 saturated heterocycles. The van der Waals surface area contributed by atoms with Crippen LogP contribution in [0.2, 0.25) is 0 Å². The molecule has 1 aliphatic heterocycles. The Morgan fingerprint density at radius 2 is 2.31 bits per heavy atom. The Labute approximate surface area is 74.4 Å². The predicted octanol–water partition coefficient (Wildman–Crippen LogP) is -1.22. The summed E-state index contributed by atoms with van der Waals surface area (Å²) < 4.78 is 27.5. The molecule has 13 heavy (non-hydrogen) atoms. The number of aliphatic hydroxyl groups is 1. The van der Waals surface area contributed by atoms with Crippen molar-refractivity contribution in [2.45, 2.75) is 5.44 Å². The van der Waals surface area contributed by atoms with Crippen molar-refractivity contribution in [2.75, 3.05) is 5.59 Å². The molecule has 6 nitrogen and oxygen atoms in total. The number of hydrogen-bond donors (Lipinski definition) is 2. The van der Waals surface area contributed by atoms with E-state index < -0.39 is 15.6 Å². The minimum Gasteiger partial charge on any atom is -0.367 e. The van der Waals surface area contributed by atoms with Crippen molar-refractivity contribution >= 4 is 10.1 Å². The molecule has 70 valence electrons. The summed E-state index contributed by atoms with van der Waals surface area (Å²) in [6.07, 6.45) is 1.53. The molecule has 2 heterocycles. The topological polar surface area (TPSA) is 79.5 Å². The average molecular weight is 203 g/mol. The summed E-state index contributed by atoms with van der Waals surface area (Å²) in [5.41, 5.74) is 0.725. The zero-order chi connectivity index (χ0) is 9.47. The van der Waals surface area contributed by atoms with Crippen molar-refractivity contribution in [1.82, 2.24) is 0 Å². The van der Waals surface area contributed by atoms with Gasteiger partial charge in [0.25, 0.3) is 11.1 Å². The maximum Gasteiger partial charge on any atom is 0.329 e. The van der Waals surface area contributed by atoms with Gasteiger partial charge in [0.1, 0.15) is 0 Å². The second-order valence-electron chi connectivity index (χ2n) is 2.52. The van der Waals surface area contributed by atoms with Crippen LogP contribution in [0.5, 0.6) is 0 Å². The highest BCUT2D eigenvalue weighted by Crippen LogP contribution is 2.18. The lowest BCUT2D eigenvalue weighted by molar-refractivity contribution is -0.687. The lowest BCUT2D eigenvalue weighted by atomic mass is 10.4. The van der Waals surface area contributed by atoms with Gasteiger partial charge in [-0.2, -0.15) is 8.42 Å². The van der Waals surface area contributed by atoms with Crippen LogP contribution < -0.4 is 10.3 Å². The molecular weight excluding hydrogens is 196 g/mol. The number of aromatic nitrogens is 1. The van der Waals surface area contributed by atoms with Crippen LogP contribution in [0.15, 0.2) is 24.4 Å². The van der Waals surface area contributed by atoms with Crippen molar-refractivity contribution in [3.63, 3.8) is 0 Å². The first kappa shape index (κ1) is 8.42. The quantitative estimate of drug-likeness (QED) is 0.517. The molecular formula is C6H7N2O4S+. The summed E-state index contributed by atoms with van der Waals surface area (Å²) in [4.78, 5) is 0. The number of nitrogens with one attached hydrogen (secondary N) is 1. The van der Waals surface area contributed by atoms with E-state index in [0.29, 0.717) is 0 Å². The lowest BCUT2D eigenvalue weighted by Crippen LogP contribution is -2.54. The molecule has 1 aromatic rings. The number of fused-ring (bicyclic) bond motifs is 1. The molecule has 7 heteroatoms. The van der Waals surface area contributed by atoms with Gasteiger partial charge in [0.2, 0.25) is 6.20 Å². The SMILES string of the molecule is O=S1(=O)ON[n+]2ccccc2C1O. The van der Waals surface area contributed by atoms with E-state index >= 15 is 0 Å². The van der Waals surface area contributed by atoms with Gasteiger partial charge in [0.15, 0.2) is 0 Å².